The Labute approximate surface area is 521 Å². The number of hydrogen-bond donors (Lipinski definition) is 0. The van der Waals surface area contributed by atoms with Crippen molar-refractivity contribution in [1.29, 1.82) is 0 Å². The summed E-state index contributed by atoms with van der Waals surface area (Å²) in [7, 11) is 0. The zero-order chi connectivity index (χ0) is 62.5. The van der Waals surface area contributed by atoms with E-state index in [0.29, 0.717) is 103 Å². The van der Waals surface area contributed by atoms with Crippen molar-refractivity contribution in [1.82, 2.24) is 0 Å². The molecule has 2 atom stereocenters. The van der Waals surface area contributed by atoms with Crippen LogP contribution in [0.25, 0.3) is 0 Å². The molecule has 0 radical (unpaired) electrons. The molecule has 0 saturated carbocycles. The molecule has 0 fully saturated rings. The fourth-order valence-electron chi connectivity index (χ4n) is 13.3. The highest BCUT2D eigenvalue weighted by Gasteiger charge is 2.56. The van der Waals surface area contributed by atoms with Gasteiger partial charge in [0.2, 0.25) is 0 Å². The van der Waals surface area contributed by atoms with E-state index < -0.39 is 40.7 Å². The molecule has 12 rings (SSSR count). The third kappa shape index (κ3) is 9.97. The van der Waals surface area contributed by atoms with Crippen LogP contribution in [-0.4, -0.2) is 63.5 Å². The number of amides is 2. The predicted molar refractivity (Wildman–Crippen MR) is 348 cm³/mol. The van der Waals surface area contributed by atoms with Crippen LogP contribution in [0.3, 0.4) is 0 Å². The average molecular weight is 1190 g/mol. The molecule has 0 aromatic heterocycles. The largest absolute Gasteiger partial charge is 0.456 e. The summed E-state index contributed by atoms with van der Waals surface area (Å²) in [6, 6.07) is 50.5. The van der Waals surface area contributed by atoms with Gasteiger partial charge in [0.25, 0.3) is 0 Å². The Morgan fingerprint density at radius 2 is 0.798 bits per heavy atom. The maximum Gasteiger partial charge on any atom is 0.418 e. The molecular formula is C75H76N4O10. The van der Waals surface area contributed by atoms with E-state index in [9.17, 15) is 19.2 Å². The Kier molecular flexibility index (Phi) is 16.0. The lowest BCUT2D eigenvalue weighted by Gasteiger charge is -2.38. The molecule has 8 aromatic carbocycles. The van der Waals surface area contributed by atoms with Crippen molar-refractivity contribution in [3.05, 3.63) is 224 Å². The number of unbranched alkanes of at least 4 members (excludes halogenated alkanes) is 2. The van der Waals surface area contributed by atoms with Gasteiger partial charge in [-0.3, -0.25) is 0 Å². The summed E-state index contributed by atoms with van der Waals surface area (Å²) in [6.07, 6.45) is 1.93. The number of benzene rings is 8. The van der Waals surface area contributed by atoms with Gasteiger partial charge in [-0.15, -0.1) is 0 Å². The van der Waals surface area contributed by atoms with Crippen molar-refractivity contribution in [2.45, 2.75) is 112 Å². The summed E-state index contributed by atoms with van der Waals surface area (Å²) in [5.74, 6) is 1.29. The van der Waals surface area contributed by atoms with E-state index in [0.717, 1.165) is 72.6 Å². The maximum absolute atomic E-state index is 14.7. The van der Waals surface area contributed by atoms with Crippen LogP contribution in [0.4, 0.5) is 43.7 Å². The topological polar surface area (TPSA) is 137 Å². The van der Waals surface area contributed by atoms with Crippen molar-refractivity contribution >= 4 is 58.2 Å². The highest BCUT2D eigenvalue weighted by Crippen LogP contribution is 2.60. The van der Waals surface area contributed by atoms with Gasteiger partial charge in [0.1, 0.15) is 23.0 Å². The van der Waals surface area contributed by atoms with Crippen LogP contribution in [0.2, 0.25) is 0 Å². The lowest BCUT2D eigenvalue weighted by molar-refractivity contribution is 0.0214. The minimum atomic E-state index is -1.38. The number of nitrogens with zero attached hydrogens (tertiary/aromatic N) is 4. The third-order valence-corrected chi connectivity index (χ3v) is 18.3. The number of carbonyl (C=O) groups excluding carboxylic acids is 4. The zero-order valence-electron chi connectivity index (χ0n) is 52.5. The Morgan fingerprint density at radius 1 is 0.438 bits per heavy atom. The zero-order valence-corrected chi connectivity index (χ0v) is 52.5. The van der Waals surface area contributed by atoms with Crippen LogP contribution in [0.15, 0.2) is 158 Å². The molecule has 89 heavy (non-hydrogen) atoms. The van der Waals surface area contributed by atoms with Gasteiger partial charge in [-0.2, -0.15) is 0 Å². The second-order valence-corrected chi connectivity index (χ2v) is 23.7. The highest BCUT2D eigenvalue weighted by molar-refractivity contribution is 6.01. The minimum Gasteiger partial charge on any atom is -0.456 e. The Morgan fingerprint density at radius 3 is 1.17 bits per heavy atom. The van der Waals surface area contributed by atoms with E-state index in [1.54, 1.807) is 21.9 Å². The SMILES string of the molecule is CCCCOC(=O)N(c1ccc(C(C)(C)c2ccc(N(C(=O)OCCCC)c3cc4c(cc3C)Oc3cc(N(CC)CC)ccc3C43OC(=O)c4ccccc43)cc2)cc1)c1cc2c(cc1C)Oc1cc(N(CC)CC)ccc1C21OC(=O)c2ccccc21. The second kappa shape index (κ2) is 23.8. The molecular weight excluding hydrogens is 1120 g/mol. The molecule has 456 valence electrons. The molecule has 0 bridgehead atoms. The molecule has 4 aliphatic rings. The first-order valence-electron chi connectivity index (χ1n) is 31.3. The summed E-state index contributed by atoms with van der Waals surface area (Å²) >= 11 is 0. The number of fused-ring (bicyclic) bond motifs is 12. The molecule has 4 heterocycles. The first kappa shape index (κ1) is 59.8. The number of ether oxygens (including phenoxy) is 6. The average Bonchev–Trinajstić information content (AvgIpc) is 1.65. The summed E-state index contributed by atoms with van der Waals surface area (Å²) in [6.45, 7) is 24.3. The summed E-state index contributed by atoms with van der Waals surface area (Å²) < 4.78 is 38.9. The molecule has 0 aliphatic carbocycles. The smallest absolute Gasteiger partial charge is 0.418 e. The molecule has 0 saturated heterocycles. The summed E-state index contributed by atoms with van der Waals surface area (Å²) in [5.41, 5.74) is 9.05. The van der Waals surface area contributed by atoms with Crippen molar-refractivity contribution in [3.63, 3.8) is 0 Å². The van der Waals surface area contributed by atoms with E-state index in [4.69, 9.17) is 28.4 Å². The van der Waals surface area contributed by atoms with Gasteiger partial charge in [-0.25, -0.2) is 29.0 Å². The molecule has 0 N–H and O–H groups in total. The quantitative estimate of drug-likeness (QED) is 0.0459. The standard InChI is InChI=1S/C75H76N4O10/c1-11-17-39-84-71(82)78(63-45-61-65(41-47(63)7)86-67-43-53(76(13-3)14-4)35-37-59(67)74(61)57-25-21-19-23-55(57)69(80)88-74)51-31-27-49(28-32-51)73(9,10)50-29-33-52(34-30-50)79(72(83)85-40-18-12-2)64-46-62-66(42-48(64)8)87-68-44-54(77(15-5)16-6)36-38-60(68)75(62)58-26-22-20-24-56(58)70(81)89-75/h19-38,41-46H,11-18,39-40H2,1-10H3. The maximum atomic E-state index is 14.7. The monoisotopic (exact) mass is 1190 g/mol. The van der Waals surface area contributed by atoms with Crippen molar-refractivity contribution in [3.8, 4) is 23.0 Å². The molecule has 8 aromatic rings. The van der Waals surface area contributed by atoms with Crippen LogP contribution < -0.4 is 29.1 Å². The van der Waals surface area contributed by atoms with Crippen LogP contribution in [-0.2, 0) is 35.6 Å². The first-order valence-corrected chi connectivity index (χ1v) is 31.3. The van der Waals surface area contributed by atoms with Gasteiger partial charge in [0, 0.05) is 88.5 Å². The molecule has 2 unspecified atom stereocenters. The van der Waals surface area contributed by atoms with Crippen molar-refractivity contribution in [2.24, 2.45) is 0 Å². The van der Waals surface area contributed by atoms with E-state index >= 15 is 0 Å². The van der Waals surface area contributed by atoms with E-state index in [2.05, 4.69) is 51.3 Å². The van der Waals surface area contributed by atoms with E-state index in [1.165, 1.54) is 0 Å². The van der Waals surface area contributed by atoms with Crippen LogP contribution in [0.1, 0.15) is 157 Å². The summed E-state index contributed by atoms with van der Waals surface area (Å²) in [5, 5.41) is 0. The second-order valence-electron chi connectivity index (χ2n) is 23.7. The minimum absolute atomic E-state index is 0.225. The van der Waals surface area contributed by atoms with Gasteiger partial charge < -0.3 is 38.2 Å². The number of carbonyl (C=O) groups is 4. The Hall–Kier alpha value is -9.56. The number of aryl methyl sites for hydroxylation is 2. The van der Waals surface area contributed by atoms with E-state index in [-0.39, 0.29) is 13.2 Å². The lowest BCUT2D eigenvalue weighted by Crippen LogP contribution is -2.34. The number of rotatable bonds is 18. The van der Waals surface area contributed by atoms with Crippen LogP contribution in [0.5, 0.6) is 23.0 Å². The van der Waals surface area contributed by atoms with Crippen LogP contribution in [0, 0.1) is 13.8 Å². The van der Waals surface area contributed by atoms with Crippen molar-refractivity contribution in [2.75, 3.05) is 59.0 Å². The fraction of sp³-hybridized carbons (Fsp3) is 0.307. The molecule has 14 heteroatoms. The fourth-order valence-corrected chi connectivity index (χ4v) is 13.3. The Balaban J connectivity index is 0.902. The van der Waals surface area contributed by atoms with Crippen molar-refractivity contribution < 1.29 is 47.6 Å². The summed E-state index contributed by atoms with van der Waals surface area (Å²) in [4.78, 5) is 65.1. The molecule has 2 spiro atoms. The van der Waals surface area contributed by atoms with Crippen LogP contribution >= 0.6 is 0 Å². The predicted octanol–water partition coefficient (Wildman–Crippen LogP) is 17.6. The highest BCUT2D eigenvalue weighted by atomic mass is 16.6. The molecule has 4 aliphatic heterocycles. The van der Waals surface area contributed by atoms with Gasteiger partial charge in [0.05, 0.1) is 47.1 Å². The Bertz CT molecular complexity index is 3820. The van der Waals surface area contributed by atoms with Gasteiger partial charge >= 0.3 is 24.1 Å². The van der Waals surface area contributed by atoms with Gasteiger partial charge in [0.15, 0.2) is 11.2 Å². The van der Waals surface area contributed by atoms with E-state index in [1.807, 2.05) is 173 Å². The first-order chi connectivity index (χ1) is 43.1. The number of hydrogen-bond acceptors (Lipinski definition) is 12. The number of esters is 2. The third-order valence-electron chi connectivity index (χ3n) is 18.3. The molecule has 14 nitrogen and oxygen atoms in total. The number of anilines is 6. The molecule has 2 amide bonds. The lowest BCUT2D eigenvalue weighted by atomic mass is 9.77. The normalized spacial score (nSPS) is 16.3. The van der Waals surface area contributed by atoms with Gasteiger partial charge in [-0.1, -0.05) is 101 Å². The van der Waals surface area contributed by atoms with Gasteiger partial charge in [-0.05, 0) is 162 Å².